The van der Waals surface area contributed by atoms with Crippen molar-refractivity contribution in [1.82, 2.24) is 0 Å². The van der Waals surface area contributed by atoms with E-state index in [1.807, 2.05) is 62.4 Å². The SMILES string of the molecule is COc1c2c(cc3c1C(OC)C(O)C(c1ccccc1)O3)OC(C)(C)C=C2. The van der Waals surface area contributed by atoms with Crippen molar-refractivity contribution < 1.29 is 24.1 Å². The Balaban J connectivity index is 1.87. The van der Waals surface area contributed by atoms with Gasteiger partial charge in [0.25, 0.3) is 0 Å². The zero-order valence-electron chi connectivity index (χ0n) is 15.9. The molecule has 0 aromatic heterocycles. The second-order valence-corrected chi connectivity index (χ2v) is 7.37. The molecular formula is C22H24O5. The lowest BCUT2D eigenvalue weighted by Gasteiger charge is -2.38. The number of aliphatic hydroxyl groups excluding tert-OH is 1. The predicted octanol–water partition coefficient (Wildman–Crippen LogP) is 4.06. The highest BCUT2D eigenvalue weighted by molar-refractivity contribution is 5.72. The molecule has 0 amide bonds. The quantitative estimate of drug-likeness (QED) is 0.885. The largest absolute Gasteiger partial charge is 0.495 e. The summed E-state index contributed by atoms with van der Waals surface area (Å²) in [5.41, 5.74) is 1.99. The van der Waals surface area contributed by atoms with E-state index < -0.39 is 23.9 Å². The fourth-order valence-corrected chi connectivity index (χ4v) is 3.78. The minimum absolute atomic E-state index is 0.417. The fourth-order valence-electron chi connectivity index (χ4n) is 3.78. The second kappa shape index (κ2) is 6.59. The summed E-state index contributed by atoms with van der Waals surface area (Å²) in [5, 5.41) is 11.0. The molecule has 2 aliphatic heterocycles. The number of methoxy groups -OCH3 is 2. The zero-order valence-corrected chi connectivity index (χ0v) is 15.9. The van der Waals surface area contributed by atoms with Crippen molar-refractivity contribution in [3.8, 4) is 17.2 Å². The van der Waals surface area contributed by atoms with E-state index in [4.69, 9.17) is 18.9 Å². The van der Waals surface area contributed by atoms with Gasteiger partial charge in [-0.1, -0.05) is 30.3 Å². The maximum Gasteiger partial charge on any atom is 0.152 e. The number of rotatable bonds is 3. The van der Waals surface area contributed by atoms with Crippen LogP contribution in [-0.2, 0) is 4.74 Å². The van der Waals surface area contributed by atoms with Crippen molar-refractivity contribution in [2.24, 2.45) is 0 Å². The van der Waals surface area contributed by atoms with Gasteiger partial charge in [-0.3, -0.25) is 0 Å². The van der Waals surface area contributed by atoms with Gasteiger partial charge in [-0.05, 0) is 31.6 Å². The molecule has 2 heterocycles. The first kappa shape index (κ1) is 17.9. The molecule has 0 fully saturated rings. The average Bonchev–Trinajstić information content (AvgIpc) is 2.66. The highest BCUT2D eigenvalue weighted by Gasteiger charge is 2.42. The lowest BCUT2D eigenvalue weighted by atomic mass is 9.89. The first-order valence-electron chi connectivity index (χ1n) is 9.01. The van der Waals surface area contributed by atoms with Gasteiger partial charge in [-0.25, -0.2) is 0 Å². The third-order valence-electron chi connectivity index (χ3n) is 5.05. The Morgan fingerprint density at radius 3 is 2.48 bits per heavy atom. The standard InChI is InChI=1S/C22H24O5/c1-22(2)11-10-14-15(27-22)12-16-17(20(14)24-3)21(25-4)18(23)19(26-16)13-8-6-5-7-9-13/h5-12,18-19,21,23H,1-4H3. The minimum atomic E-state index is -0.873. The molecule has 3 atom stereocenters. The highest BCUT2D eigenvalue weighted by atomic mass is 16.5. The summed E-state index contributed by atoms with van der Waals surface area (Å²) in [6.45, 7) is 3.99. The lowest BCUT2D eigenvalue weighted by molar-refractivity contribution is -0.0880. The van der Waals surface area contributed by atoms with Gasteiger partial charge >= 0.3 is 0 Å². The van der Waals surface area contributed by atoms with Crippen LogP contribution in [0.3, 0.4) is 0 Å². The van der Waals surface area contributed by atoms with E-state index in [9.17, 15) is 5.11 Å². The molecule has 0 aliphatic carbocycles. The van der Waals surface area contributed by atoms with Crippen LogP contribution in [0, 0.1) is 0 Å². The van der Waals surface area contributed by atoms with E-state index in [2.05, 4.69) is 0 Å². The highest BCUT2D eigenvalue weighted by Crippen LogP contribution is 2.52. The molecule has 27 heavy (non-hydrogen) atoms. The van der Waals surface area contributed by atoms with Gasteiger partial charge in [-0.15, -0.1) is 0 Å². The van der Waals surface area contributed by atoms with E-state index in [0.29, 0.717) is 22.8 Å². The topological polar surface area (TPSA) is 57.2 Å². The lowest BCUT2D eigenvalue weighted by Crippen LogP contribution is -2.36. The van der Waals surface area contributed by atoms with Crippen LogP contribution in [0.4, 0.5) is 0 Å². The van der Waals surface area contributed by atoms with Crippen LogP contribution < -0.4 is 14.2 Å². The van der Waals surface area contributed by atoms with Crippen LogP contribution in [0.25, 0.3) is 6.08 Å². The van der Waals surface area contributed by atoms with Crippen LogP contribution in [0.1, 0.15) is 42.7 Å². The Morgan fingerprint density at radius 2 is 1.81 bits per heavy atom. The molecule has 142 valence electrons. The number of hydrogen-bond donors (Lipinski definition) is 1. The molecule has 0 saturated heterocycles. The maximum atomic E-state index is 11.0. The van der Waals surface area contributed by atoms with Gasteiger partial charge in [0, 0.05) is 13.2 Å². The van der Waals surface area contributed by atoms with Crippen molar-refractivity contribution in [1.29, 1.82) is 0 Å². The summed E-state index contributed by atoms with van der Waals surface area (Å²) in [6.07, 6.45) is 1.97. The Labute approximate surface area is 159 Å². The summed E-state index contributed by atoms with van der Waals surface area (Å²) < 4.78 is 23.7. The minimum Gasteiger partial charge on any atom is -0.495 e. The van der Waals surface area contributed by atoms with Gasteiger partial charge in [0.15, 0.2) is 6.10 Å². The molecule has 0 bridgehead atoms. The summed E-state index contributed by atoms with van der Waals surface area (Å²) in [5.74, 6) is 1.89. The third kappa shape index (κ3) is 2.97. The first-order chi connectivity index (χ1) is 12.9. The van der Waals surface area contributed by atoms with Crippen molar-refractivity contribution >= 4 is 6.08 Å². The third-order valence-corrected chi connectivity index (χ3v) is 5.05. The van der Waals surface area contributed by atoms with Gasteiger partial charge in [0.1, 0.15) is 35.1 Å². The van der Waals surface area contributed by atoms with Crippen molar-refractivity contribution in [2.75, 3.05) is 14.2 Å². The monoisotopic (exact) mass is 368 g/mol. The number of aliphatic hydroxyl groups is 1. The van der Waals surface area contributed by atoms with Gasteiger partial charge in [0.05, 0.1) is 18.2 Å². The number of benzene rings is 2. The molecule has 4 rings (SSSR count). The normalized spacial score (nSPS) is 25.0. The van der Waals surface area contributed by atoms with Crippen molar-refractivity contribution in [2.45, 2.75) is 37.8 Å². The van der Waals surface area contributed by atoms with Crippen LogP contribution in [0.2, 0.25) is 0 Å². The van der Waals surface area contributed by atoms with Gasteiger partial charge in [0.2, 0.25) is 0 Å². The molecule has 5 nitrogen and oxygen atoms in total. The molecular weight excluding hydrogens is 344 g/mol. The molecule has 3 unspecified atom stereocenters. The first-order valence-corrected chi connectivity index (χ1v) is 9.01. The van der Waals surface area contributed by atoms with Crippen LogP contribution >= 0.6 is 0 Å². The van der Waals surface area contributed by atoms with E-state index in [1.54, 1.807) is 14.2 Å². The van der Waals surface area contributed by atoms with Crippen molar-refractivity contribution in [3.63, 3.8) is 0 Å². The summed E-state index contributed by atoms with van der Waals surface area (Å²) in [4.78, 5) is 0. The van der Waals surface area contributed by atoms with E-state index in [1.165, 1.54) is 0 Å². The predicted molar refractivity (Wildman–Crippen MR) is 102 cm³/mol. The average molecular weight is 368 g/mol. The molecule has 0 radical (unpaired) electrons. The van der Waals surface area contributed by atoms with Crippen molar-refractivity contribution in [3.05, 3.63) is 59.2 Å². The van der Waals surface area contributed by atoms with E-state index in [0.717, 1.165) is 11.1 Å². The number of ether oxygens (including phenoxy) is 4. The molecule has 0 spiro atoms. The Kier molecular flexibility index (Phi) is 4.36. The van der Waals surface area contributed by atoms with E-state index >= 15 is 0 Å². The Hall–Kier alpha value is -2.50. The molecule has 1 N–H and O–H groups in total. The smallest absolute Gasteiger partial charge is 0.152 e. The van der Waals surface area contributed by atoms with Crippen LogP contribution in [0.5, 0.6) is 17.2 Å². The second-order valence-electron chi connectivity index (χ2n) is 7.37. The van der Waals surface area contributed by atoms with Crippen LogP contribution in [-0.4, -0.2) is 31.0 Å². The van der Waals surface area contributed by atoms with Crippen LogP contribution in [0.15, 0.2) is 42.5 Å². The Morgan fingerprint density at radius 1 is 1.07 bits per heavy atom. The summed E-state index contributed by atoms with van der Waals surface area (Å²) in [6, 6.07) is 11.5. The van der Waals surface area contributed by atoms with E-state index in [-0.39, 0.29) is 0 Å². The van der Waals surface area contributed by atoms with Gasteiger partial charge < -0.3 is 24.1 Å². The molecule has 2 aliphatic rings. The zero-order chi connectivity index (χ0) is 19.2. The number of fused-ring (bicyclic) bond motifs is 2. The Bertz CT molecular complexity index is 872. The summed E-state index contributed by atoms with van der Waals surface area (Å²) >= 11 is 0. The fraction of sp³-hybridized carbons (Fsp3) is 0.364. The molecule has 2 aromatic carbocycles. The molecule has 5 heteroatoms. The number of hydrogen-bond acceptors (Lipinski definition) is 5. The molecule has 2 aromatic rings. The maximum absolute atomic E-state index is 11.0. The molecule has 0 saturated carbocycles. The van der Waals surface area contributed by atoms with Gasteiger partial charge in [-0.2, -0.15) is 0 Å². The summed E-state index contributed by atoms with van der Waals surface area (Å²) in [7, 11) is 3.19.